The molecule has 0 saturated carbocycles. The zero-order valence-electron chi connectivity index (χ0n) is 17.0. The number of aliphatic hydroxyl groups is 1. The Labute approximate surface area is 156 Å². The highest BCUT2D eigenvalue weighted by Crippen LogP contribution is 2.54. The highest BCUT2D eigenvalue weighted by Gasteiger charge is 2.54. The van der Waals surface area contributed by atoms with Crippen LogP contribution in [0.1, 0.15) is 49.3 Å². The van der Waals surface area contributed by atoms with Crippen molar-refractivity contribution in [2.75, 3.05) is 39.2 Å². The minimum Gasteiger partial charge on any atom is -0.396 e. The minimum absolute atomic E-state index is 0.0506. The van der Waals surface area contributed by atoms with Crippen LogP contribution in [0.15, 0.2) is 28.8 Å². The van der Waals surface area contributed by atoms with Gasteiger partial charge in [0.1, 0.15) is 5.76 Å². The number of nitrogens with zero attached hydrogens (tertiary/aromatic N) is 3. The number of aryl methyl sites for hydroxylation is 1. The highest BCUT2D eigenvalue weighted by atomic mass is 16.5. The van der Waals surface area contributed by atoms with Gasteiger partial charge in [0.25, 0.3) is 0 Å². The standard InChI is InChI=1S/C21H31N3O2/c1-14-18(19(22-26-14)20(2,3)4)21(13-23(5)6)16(12-25)15-10-8-9-11-17(15)24(21)7/h8-11,16,25H,12-13H2,1-7H3. The first-order valence-electron chi connectivity index (χ1n) is 9.20. The van der Waals surface area contributed by atoms with Crippen LogP contribution in [0.2, 0.25) is 0 Å². The molecule has 0 radical (unpaired) electrons. The molecule has 0 bridgehead atoms. The van der Waals surface area contributed by atoms with Gasteiger partial charge in [0.2, 0.25) is 0 Å². The van der Waals surface area contributed by atoms with E-state index in [9.17, 15) is 5.11 Å². The van der Waals surface area contributed by atoms with Crippen LogP contribution in [0, 0.1) is 6.92 Å². The number of aromatic nitrogens is 1. The van der Waals surface area contributed by atoms with Crippen molar-refractivity contribution in [3.63, 3.8) is 0 Å². The molecule has 1 aromatic heterocycles. The Morgan fingerprint density at radius 2 is 1.92 bits per heavy atom. The van der Waals surface area contributed by atoms with Crippen molar-refractivity contribution >= 4 is 5.69 Å². The second-order valence-electron chi connectivity index (χ2n) is 8.73. The fraction of sp³-hybridized carbons (Fsp3) is 0.571. The van der Waals surface area contributed by atoms with Gasteiger partial charge in [-0.1, -0.05) is 44.1 Å². The van der Waals surface area contributed by atoms with Crippen molar-refractivity contribution in [3.8, 4) is 0 Å². The molecule has 26 heavy (non-hydrogen) atoms. The smallest absolute Gasteiger partial charge is 0.139 e. The molecule has 5 heteroatoms. The lowest BCUT2D eigenvalue weighted by Crippen LogP contribution is -2.53. The number of hydrogen-bond acceptors (Lipinski definition) is 5. The van der Waals surface area contributed by atoms with E-state index in [-0.39, 0.29) is 17.9 Å². The SMILES string of the molecule is Cc1onc(C(C)(C)C)c1C1(CN(C)C)C(CO)c2ccccc2N1C. The molecule has 2 aromatic rings. The molecule has 0 aliphatic carbocycles. The Bertz CT molecular complexity index is 791. The zero-order chi connectivity index (χ0) is 19.3. The third-order valence-corrected chi connectivity index (χ3v) is 5.59. The van der Waals surface area contributed by atoms with E-state index < -0.39 is 5.54 Å². The Morgan fingerprint density at radius 1 is 1.27 bits per heavy atom. The number of anilines is 1. The van der Waals surface area contributed by atoms with Crippen molar-refractivity contribution in [1.82, 2.24) is 10.1 Å². The first kappa shape index (κ1) is 18.9. The third-order valence-electron chi connectivity index (χ3n) is 5.59. The molecule has 0 amide bonds. The van der Waals surface area contributed by atoms with Gasteiger partial charge in [-0.25, -0.2) is 0 Å². The predicted octanol–water partition coefficient (Wildman–Crippen LogP) is 3.26. The van der Waals surface area contributed by atoms with Crippen LogP contribution < -0.4 is 4.90 Å². The summed E-state index contributed by atoms with van der Waals surface area (Å²) >= 11 is 0. The van der Waals surface area contributed by atoms with E-state index in [1.807, 2.05) is 13.0 Å². The van der Waals surface area contributed by atoms with E-state index in [1.54, 1.807) is 0 Å². The molecule has 1 aliphatic rings. The van der Waals surface area contributed by atoms with Crippen LogP contribution in [-0.2, 0) is 11.0 Å². The number of rotatable bonds is 4. The molecule has 2 atom stereocenters. The van der Waals surface area contributed by atoms with E-state index in [1.165, 1.54) is 5.56 Å². The normalized spacial score (nSPS) is 23.0. The van der Waals surface area contributed by atoms with E-state index >= 15 is 0 Å². The van der Waals surface area contributed by atoms with E-state index in [0.29, 0.717) is 0 Å². The Balaban J connectivity index is 2.33. The quantitative estimate of drug-likeness (QED) is 0.910. The van der Waals surface area contributed by atoms with Crippen LogP contribution in [-0.4, -0.2) is 49.5 Å². The summed E-state index contributed by atoms with van der Waals surface area (Å²) in [6.07, 6.45) is 0. The van der Waals surface area contributed by atoms with Gasteiger partial charge >= 0.3 is 0 Å². The predicted molar refractivity (Wildman–Crippen MR) is 105 cm³/mol. The maximum atomic E-state index is 10.5. The summed E-state index contributed by atoms with van der Waals surface area (Å²) in [7, 11) is 6.27. The molecule has 1 N–H and O–H groups in total. The topological polar surface area (TPSA) is 52.7 Å². The van der Waals surface area contributed by atoms with Gasteiger partial charge in [-0.3, -0.25) is 0 Å². The van der Waals surface area contributed by atoms with Crippen molar-refractivity contribution in [1.29, 1.82) is 0 Å². The average molecular weight is 357 g/mol. The molecule has 1 aliphatic heterocycles. The second-order valence-corrected chi connectivity index (χ2v) is 8.73. The van der Waals surface area contributed by atoms with E-state index in [4.69, 9.17) is 4.52 Å². The first-order valence-corrected chi connectivity index (χ1v) is 9.20. The maximum Gasteiger partial charge on any atom is 0.139 e. The highest BCUT2D eigenvalue weighted by molar-refractivity contribution is 5.67. The Morgan fingerprint density at radius 3 is 2.50 bits per heavy atom. The lowest BCUT2D eigenvalue weighted by molar-refractivity contribution is 0.176. The van der Waals surface area contributed by atoms with Crippen LogP contribution in [0.4, 0.5) is 5.69 Å². The first-order chi connectivity index (χ1) is 12.1. The molecule has 0 fully saturated rings. The van der Waals surface area contributed by atoms with Gasteiger partial charge in [0.15, 0.2) is 0 Å². The number of benzene rings is 1. The summed E-state index contributed by atoms with van der Waals surface area (Å²) in [5.41, 5.74) is 3.83. The van der Waals surface area contributed by atoms with Gasteiger partial charge in [-0.05, 0) is 32.6 Å². The summed E-state index contributed by atoms with van der Waals surface area (Å²) in [5.74, 6) is 0.778. The van der Waals surface area contributed by atoms with Crippen molar-refractivity contribution < 1.29 is 9.63 Å². The summed E-state index contributed by atoms with van der Waals surface area (Å²) in [5, 5.41) is 14.9. The largest absolute Gasteiger partial charge is 0.396 e. The maximum absolute atomic E-state index is 10.5. The zero-order valence-corrected chi connectivity index (χ0v) is 17.0. The summed E-state index contributed by atoms with van der Waals surface area (Å²) < 4.78 is 5.70. The number of hydrogen-bond donors (Lipinski definition) is 1. The van der Waals surface area contributed by atoms with Gasteiger partial charge in [0.05, 0.1) is 17.8 Å². The molecular formula is C21H31N3O2. The van der Waals surface area contributed by atoms with Gasteiger partial charge in [-0.15, -0.1) is 0 Å². The molecule has 3 rings (SSSR count). The fourth-order valence-corrected chi connectivity index (χ4v) is 4.56. The molecule has 142 valence electrons. The second kappa shape index (κ2) is 6.39. The number of likely N-dealkylation sites (N-methyl/N-ethyl adjacent to an activating group) is 2. The average Bonchev–Trinajstić information content (AvgIpc) is 3.05. The van der Waals surface area contributed by atoms with Crippen LogP contribution in [0.5, 0.6) is 0 Å². The van der Waals surface area contributed by atoms with Gasteiger partial charge < -0.3 is 19.4 Å². The monoisotopic (exact) mass is 357 g/mol. The fourth-order valence-electron chi connectivity index (χ4n) is 4.56. The van der Waals surface area contributed by atoms with Crippen molar-refractivity contribution in [2.24, 2.45) is 0 Å². The Kier molecular flexibility index (Phi) is 4.65. The number of fused-ring (bicyclic) bond motifs is 1. The summed E-state index contributed by atoms with van der Waals surface area (Å²) in [6, 6.07) is 8.37. The van der Waals surface area contributed by atoms with Gasteiger partial charge in [-0.2, -0.15) is 0 Å². The van der Waals surface area contributed by atoms with Crippen LogP contribution >= 0.6 is 0 Å². The number of aliphatic hydroxyl groups excluding tert-OH is 1. The van der Waals surface area contributed by atoms with Crippen molar-refractivity contribution in [2.45, 2.75) is 44.6 Å². The van der Waals surface area contributed by atoms with Crippen LogP contribution in [0.25, 0.3) is 0 Å². The lowest BCUT2D eigenvalue weighted by atomic mass is 9.72. The van der Waals surface area contributed by atoms with Crippen LogP contribution in [0.3, 0.4) is 0 Å². The molecular weight excluding hydrogens is 326 g/mol. The lowest BCUT2D eigenvalue weighted by Gasteiger charge is -2.44. The number of para-hydroxylation sites is 1. The van der Waals surface area contributed by atoms with E-state index in [2.05, 4.69) is 75.1 Å². The molecule has 1 aromatic carbocycles. The molecule has 0 spiro atoms. The molecule has 0 saturated heterocycles. The Hall–Kier alpha value is -1.85. The summed E-state index contributed by atoms with van der Waals surface area (Å²) in [4.78, 5) is 4.50. The minimum atomic E-state index is -0.436. The van der Waals surface area contributed by atoms with Gasteiger partial charge in [0, 0.05) is 36.2 Å². The molecule has 5 nitrogen and oxygen atoms in total. The summed E-state index contributed by atoms with van der Waals surface area (Å²) in [6.45, 7) is 9.30. The van der Waals surface area contributed by atoms with Crippen molar-refractivity contribution in [3.05, 3.63) is 46.8 Å². The van der Waals surface area contributed by atoms with E-state index in [0.717, 1.165) is 29.2 Å². The molecule has 2 unspecified atom stereocenters. The molecule has 2 heterocycles. The third kappa shape index (κ3) is 2.65.